The fraction of sp³-hybridized carbons (Fsp3) is 0.389. The molecule has 0 spiro atoms. The van der Waals surface area contributed by atoms with E-state index in [-0.39, 0.29) is 11.6 Å². The van der Waals surface area contributed by atoms with E-state index in [9.17, 15) is 14.4 Å². The van der Waals surface area contributed by atoms with Crippen molar-refractivity contribution >= 4 is 23.9 Å². The van der Waals surface area contributed by atoms with Crippen molar-refractivity contribution in [3.05, 3.63) is 35.4 Å². The first-order valence-electron chi connectivity index (χ1n) is 8.24. The van der Waals surface area contributed by atoms with Crippen LogP contribution in [0.15, 0.2) is 29.8 Å². The van der Waals surface area contributed by atoms with Crippen molar-refractivity contribution in [1.82, 2.24) is 10.2 Å². The standard InChI is InChI=1S/C18H20N2O4/c1-2-24-15-10-6-3-7-12(15)11-14-16(21)19-18(23)20(17(14)22)13-8-4-5-9-13/h3,6-7,10-11,13H,2,4-5,8-9H2,1H3,(H,19,21,23)/b14-11+. The monoisotopic (exact) mass is 328 g/mol. The molecule has 1 N–H and O–H groups in total. The third-order valence-corrected chi connectivity index (χ3v) is 4.34. The molecular formula is C18H20N2O4. The molecule has 0 aromatic heterocycles. The Morgan fingerprint density at radius 1 is 1.21 bits per heavy atom. The molecule has 24 heavy (non-hydrogen) atoms. The molecule has 1 aliphatic heterocycles. The molecule has 1 heterocycles. The molecule has 3 rings (SSSR count). The molecule has 1 saturated heterocycles. The van der Waals surface area contributed by atoms with E-state index in [2.05, 4.69) is 5.32 Å². The SMILES string of the molecule is CCOc1ccccc1/C=C1\C(=O)NC(=O)N(C2CCCC2)C1=O. The third kappa shape index (κ3) is 3.04. The van der Waals surface area contributed by atoms with Gasteiger partial charge in [-0.15, -0.1) is 0 Å². The van der Waals surface area contributed by atoms with Crippen molar-refractivity contribution in [1.29, 1.82) is 0 Å². The highest BCUT2D eigenvalue weighted by Crippen LogP contribution is 2.28. The van der Waals surface area contributed by atoms with E-state index in [1.807, 2.05) is 13.0 Å². The van der Waals surface area contributed by atoms with Gasteiger partial charge in [0.05, 0.1) is 6.61 Å². The van der Waals surface area contributed by atoms with E-state index >= 15 is 0 Å². The number of carbonyl (C=O) groups excluding carboxylic acids is 3. The van der Waals surface area contributed by atoms with Gasteiger partial charge in [0.25, 0.3) is 11.8 Å². The van der Waals surface area contributed by atoms with Crippen LogP contribution in [-0.4, -0.2) is 35.4 Å². The maximum absolute atomic E-state index is 12.7. The molecule has 4 amide bonds. The van der Waals surface area contributed by atoms with E-state index < -0.39 is 17.8 Å². The zero-order valence-electron chi connectivity index (χ0n) is 13.6. The predicted octanol–water partition coefficient (Wildman–Crippen LogP) is 2.49. The van der Waals surface area contributed by atoms with Crippen molar-refractivity contribution in [3.63, 3.8) is 0 Å². The summed E-state index contributed by atoms with van der Waals surface area (Å²) < 4.78 is 5.53. The lowest BCUT2D eigenvalue weighted by Crippen LogP contribution is -2.57. The van der Waals surface area contributed by atoms with Gasteiger partial charge < -0.3 is 4.74 Å². The normalized spacial score (nSPS) is 20.6. The number of ether oxygens (including phenoxy) is 1. The zero-order chi connectivity index (χ0) is 17.1. The van der Waals surface area contributed by atoms with Crippen LogP contribution in [0, 0.1) is 0 Å². The molecule has 6 heteroatoms. The Morgan fingerprint density at radius 3 is 2.62 bits per heavy atom. The fourth-order valence-corrected chi connectivity index (χ4v) is 3.21. The number of hydrogen-bond acceptors (Lipinski definition) is 4. The summed E-state index contributed by atoms with van der Waals surface area (Å²) in [5.74, 6) is -0.593. The number of carbonyl (C=O) groups is 3. The van der Waals surface area contributed by atoms with Crippen molar-refractivity contribution in [2.24, 2.45) is 0 Å². The second kappa shape index (κ2) is 6.86. The van der Waals surface area contributed by atoms with Gasteiger partial charge in [0, 0.05) is 11.6 Å². The lowest BCUT2D eigenvalue weighted by atomic mass is 10.0. The van der Waals surface area contributed by atoms with E-state index in [0.29, 0.717) is 17.9 Å². The number of benzene rings is 1. The van der Waals surface area contributed by atoms with Crippen LogP contribution in [0.3, 0.4) is 0 Å². The highest BCUT2D eigenvalue weighted by molar-refractivity contribution is 6.31. The molecule has 126 valence electrons. The smallest absolute Gasteiger partial charge is 0.331 e. The zero-order valence-corrected chi connectivity index (χ0v) is 13.6. The van der Waals surface area contributed by atoms with E-state index in [1.165, 1.54) is 11.0 Å². The van der Waals surface area contributed by atoms with Crippen molar-refractivity contribution in [3.8, 4) is 5.75 Å². The van der Waals surface area contributed by atoms with E-state index in [4.69, 9.17) is 4.74 Å². The molecule has 1 aromatic rings. The molecule has 0 unspecified atom stereocenters. The lowest BCUT2D eigenvalue weighted by Gasteiger charge is -2.31. The lowest BCUT2D eigenvalue weighted by molar-refractivity contribution is -0.131. The second-order valence-electron chi connectivity index (χ2n) is 5.90. The number of para-hydroxylation sites is 1. The second-order valence-corrected chi connectivity index (χ2v) is 5.90. The summed E-state index contributed by atoms with van der Waals surface area (Å²) in [5.41, 5.74) is 0.604. The molecule has 2 aliphatic rings. The van der Waals surface area contributed by atoms with Crippen LogP contribution in [0.1, 0.15) is 38.2 Å². The number of nitrogens with one attached hydrogen (secondary N) is 1. The number of hydrogen-bond donors (Lipinski definition) is 1. The van der Waals surface area contributed by atoms with Crippen molar-refractivity contribution < 1.29 is 19.1 Å². The molecular weight excluding hydrogens is 308 g/mol. The number of rotatable bonds is 4. The summed E-state index contributed by atoms with van der Waals surface area (Å²) in [6.07, 6.45) is 5.05. The first-order valence-corrected chi connectivity index (χ1v) is 8.24. The maximum Gasteiger partial charge on any atom is 0.331 e. The van der Waals surface area contributed by atoms with Crippen LogP contribution in [0.25, 0.3) is 6.08 Å². The van der Waals surface area contributed by atoms with Crippen LogP contribution in [0.5, 0.6) is 5.75 Å². The number of imide groups is 2. The van der Waals surface area contributed by atoms with Gasteiger partial charge in [-0.05, 0) is 31.9 Å². The van der Waals surface area contributed by atoms with Crippen LogP contribution >= 0.6 is 0 Å². The van der Waals surface area contributed by atoms with Gasteiger partial charge in [0.2, 0.25) is 0 Å². The molecule has 1 saturated carbocycles. The average Bonchev–Trinajstić information content (AvgIpc) is 3.07. The van der Waals surface area contributed by atoms with Gasteiger partial charge in [0.1, 0.15) is 11.3 Å². The van der Waals surface area contributed by atoms with Gasteiger partial charge in [0.15, 0.2) is 0 Å². The highest BCUT2D eigenvalue weighted by atomic mass is 16.5. The first-order chi connectivity index (χ1) is 11.6. The fourth-order valence-electron chi connectivity index (χ4n) is 3.21. The summed E-state index contributed by atoms with van der Waals surface area (Å²) in [5, 5.41) is 2.28. The molecule has 2 fully saturated rings. The Hall–Kier alpha value is -2.63. The molecule has 1 aromatic carbocycles. The Bertz CT molecular complexity index is 705. The van der Waals surface area contributed by atoms with Gasteiger partial charge in [-0.25, -0.2) is 4.79 Å². The largest absolute Gasteiger partial charge is 0.493 e. The highest BCUT2D eigenvalue weighted by Gasteiger charge is 2.40. The summed E-state index contributed by atoms with van der Waals surface area (Å²) >= 11 is 0. The predicted molar refractivity (Wildman–Crippen MR) is 88.2 cm³/mol. The van der Waals surface area contributed by atoms with Crippen LogP contribution in [0.2, 0.25) is 0 Å². The van der Waals surface area contributed by atoms with Crippen LogP contribution in [-0.2, 0) is 9.59 Å². The minimum atomic E-state index is -0.662. The summed E-state index contributed by atoms with van der Waals surface area (Å²) in [4.78, 5) is 38.2. The minimum absolute atomic E-state index is 0.0337. The Labute approximate surface area is 140 Å². The summed E-state index contributed by atoms with van der Waals surface area (Å²) in [7, 11) is 0. The minimum Gasteiger partial charge on any atom is -0.493 e. The number of barbiturate groups is 1. The maximum atomic E-state index is 12.7. The third-order valence-electron chi connectivity index (χ3n) is 4.34. The first kappa shape index (κ1) is 16.2. The van der Waals surface area contributed by atoms with Crippen molar-refractivity contribution in [2.45, 2.75) is 38.6 Å². The van der Waals surface area contributed by atoms with Crippen LogP contribution in [0.4, 0.5) is 4.79 Å². The molecule has 6 nitrogen and oxygen atoms in total. The van der Waals surface area contributed by atoms with Crippen LogP contribution < -0.4 is 10.1 Å². The number of urea groups is 1. The van der Waals surface area contributed by atoms with Gasteiger partial charge >= 0.3 is 6.03 Å². The molecule has 0 radical (unpaired) electrons. The summed E-state index contributed by atoms with van der Waals surface area (Å²) in [6.45, 7) is 2.34. The summed E-state index contributed by atoms with van der Waals surface area (Å²) in [6, 6.07) is 6.43. The van der Waals surface area contributed by atoms with Gasteiger partial charge in [-0.1, -0.05) is 31.0 Å². The molecule has 0 atom stereocenters. The Kier molecular flexibility index (Phi) is 4.64. The van der Waals surface area contributed by atoms with Gasteiger partial charge in [-0.3, -0.25) is 19.8 Å². The topological polar surface area (TPSA) is 75.7 Å². The van der Waals surface area contributed by atoms with Crippen molar-refractivity contribution in [2.75, 3.05) is 6.61 Å². The molecule has 0 bridgehead atoms. The molecule has 1 aliphatic carbocycles. The average molecular weight is 328 g/mol. The quantitative estimate of drug-likeness (QED) is 0.680. The van der Waals surface area contributed by atoms with Gasteiger partial charge in [-0.2, -0.15) is 0 Å². The Balaban J connectivity index is 1.95. The Morgan fingerprint density at radius 2 is 1.92 bits per heavy atom. The van der Waals surface area contributed by atoms with E-state index in [1.54, 1.807) is 18.2 Å². The number of amides is 4. The number of nitrogens with zero attached hydrogens (tertiary/aromatic N) is 1. The van der Waals surface area contributed by atoms with E-state index in [0.717, 1.165) is 25.7 Å².